The molecule has 0 heterocycles. The zero-order valence-corrected chi connectivity index (χ0v) is 6.92. The third-order valence-corrected chi connectivity index (χ3v) is 1.56. The first-order valence-electron chi connectivity index (χ1n) is 3.65. The third kappa shape index (κ3) is 3.56. The highest BCUT2D eigenvalue weighted by Gasteiger charge is 2.02. The SMILES string of the molecule is C=C/C=C(\C=C)C(C)CC=O. The molecule has 1 nitrogen and oxygen atoms in total. The Kier molecular flexibility index (Phi) is 5.09. The highest BCUT2D eigenvalue weighted by Crippen LogP contribution is 2.13. The lowest BCUT2D eigenvalue weighted by Gasteiger charge is -2.06. The van der Waals surface area contributed by atoms with Crippen LogP contribution in [0.3, 0.4) is 0 Å². The number of hydrogen-bond donors (Lipinski definition) is 0. The minimum Gasteiger partial charge on any atom is -0.303 e. The molecule has 0 N–H and O–H groups in total. The van der Waals surface area contributed by atoms with Crippen molar-refractivity contribution in [1.82, 2.24) is 0 Å². The summed E-state index contributed by atoms with van der Waals surface area (Å²) < 4.78 is 0. The molecule has 11 heavy (non-hydrogen) atoms. The Bertz CT molecular complexity index is 177. The smallest absolute Gasteiger partial charge is 0.120 e. The summed E-state index contributed by atoms with van der Waals surface area (Å²) in [6.45, 7) is 9.22. The van der Waals surface area contributed by atoms with Crippen molar-refractivity contribution in [1.29, 1.82) is 0 Å². The van der Waals surface area contributed by atoms with Crippen LogP contribution in [0.5, 0.6) is 0 Å². The van der Waals surface area contributed by atoms with Gasteiger partial charge in [0.15, 0.2) is 0 Å². The first-order chi connectivity index (χ1) is 5.26. The van der Waals surface area contributed by atoms with Crippen molar-refractivity contribution in [3.05, 3.63) is 37.0 Å². The van der Waals surface area contributed by atoms with Crippen LogP contribution in [-0.4, -0.2) is 6.29 Å². The van der Waals surface area contributed by atoms with Gasteiger partial charge in [0, 0.05) is 6.42 Å². The standard InChI is InChI=1S/C10H14O/c1-4-6-10(5-2)9(3)7-8-11/h4-6,8-9H,1-2,7H2,3H3/b10-6+. The molecule has 0 saturated carbocycles. The zero-order chi connectivity index (χ0) is 8.69. The third-order valence-electron chi connectivity index (χ3n) is 1.56. The van der Waals surface area contributed by atoms with Crippen molar-refractivity contribution in [2.75, 3.05) is 0 Å². The summed E-state index contributed by atoms with van der Waals surface area (Å²) in [5, 5.41) is 0. The van der Waals surface area contributed by atoms with Crippen molar-refractivity contribution < 1.29 is 4.79 Å². The molecule has 0 bridgehead atoms. The molecule has 0 fully saturated rings. The Balaban J connectivity index is 4.23. The Morgan fingerprint density at radius 2 is 2.18 bits per heavy atom. The topological polar surface area (TPSA) is 17.1 Å². The van der Waals surface area contributed by atoms with E-state index < -0.39 is 0 Å². The van der Waals surface area contributed by atoms with Gasteiger partial charge in [-0.15, -0.1) is 0 Å². The van der Waals surface area contributed by atoms with Gasteiger partial charge in [-0.05, 0) is 11.5 Å². The molecule has 0 aliphatic carbocycles. The van der Waals surface area contributed by atoms with Gasteiger partial charge < -0.3 is 4.79 Å². The van der Waals surface area contributed by atoms with Crippen LogP contribution in [0.1, 0.15) is 13.3 Å². The Morgan fingerprint density at radius 3 is 2.55 bits per heavy atom. The number of carbonyl (C=O) groups is 1. The molecule has 1 atom stereocenters. The van der Waals surface area contributed by atoms with Crippen LogP contribution in [-0.2, 0) is 4.79 Å². The first kappa shape index (κ1) is 9.89. The largest absolute Gasteiger partial charge is 0.303 e. The Labute approximate surface area is 68.1 Å². The van der Waals surface area contributed by atoms with Crippen LogP contribution in [0.2, 0.25) is 0 Å². The van der Waals surface area contributed by atoms with Crippen LogP contribution in [0.25, 0.3) is 0 Å². The lowest BCUT2D eigenvalue weighted by molar-refractivity contribution is -0.108. The first-order valence-corrected chi connectivity index (χ1v) is 3.65. The van der Waals surface area contributed by atoms with Gasteiger partial charge in [-0.2, -0.15) is 0 Å². The Hall–Kier alpha value is -1.11. The molecule has 0 spiro atoms. The molecule has 0 aromatic heterocycles. The zero-order valence-electron chi connectivity index (χ0n) is 6.92. The van der Waals surface area contributed by atoms with Crippen LogP contribution in [0.4, 0.5) is 0 Å². The summed E-state index contributed by atoms with van der Waals surface area (Å²) in [6.07, 6.45) is 6.81. The highest BCUT2D eigenvalue weighted by molar-refractivity contribution is 5.51. The van der Waals surface area contributed by atoms with Gasteiger partial charge in [-0.1, -0.05) is 38.3 Å². The quantitative estimate of drug-likeness (QED) is 0.434. The molecule has 0 aromatic carbocycles. The maximum Gasteiger partial charge on any atom is 0.120 e. The summed E-state index contributed by atoms with van der Waals surface area (Å²) in [4.78, 5) is 10.2. The monoisotopic (exact) mass is 150 g/mol. The van der Waals surface area contributed by atoms with Gasteiger partial charge in [-0.25, -0.2) is 0 Å². The second-order valence-corrected chi connectivity index (χ2v) is 2.41. The second kappa shape index (κ2) is 5.66. The molecule has 0 aromatic rings. The van der Waals surface area contributed by atoms with Crippen LogP contribution < -0.4 is 0 Å². The average Bonchev–Trinajstić information content (AvgIpc) is 2.00. The predicted molar refractivity (Wildman–Crippen MR) is 48.3 cm³/mol. The van der Waals surface area contributed by atoms with E-state index in [0.717, 1.165) is 11.9 Å². The number of rotatable bonds is 5. The van der Waals surface area contributed by atoms with Crippen molar-refractivity contribution in [3.63, 3.8) is 0 Å². The van der Waals surface area contributed by atoms with Crippen molar-refractivity contribution in [2.24, 2.45) is 5.92 Å². The molecule has 0 saturated heterocycles. The van der Waals surface area contributed by atoms with E-state index in [1.807, 2.05) is 13.0 Å². The van der Waals surface area contributed by atoms with E-state index in [4.69, 9.17) is 0 Å². The van der Waals surface area contributed by atoms with Gasteiger partial charge in [0.05, 0.1) is 0 Å². The van der Waals surface area contributed by atoms with Gasteiger partial charge >= 0.3 is 0 Å². The predicted octanol–water partition coefficient (Wildman–Crippen LogP) is 2.51. The molecule has 1 unspecified atom stereocenters. The fourth-order valence-electron chi connectivity index (χ4n) is 0.850. The van der Waals surface area contributed by atoms with E-state index >= 15 is 0 Å². The van der Waals surface area contributed by atoms with Crippen molar-refractivity contribution >= 4 is 6.29 Å². The molecule has 60 valence electrons. The molecule has 0 radical (unpaired) electrons. The summed E-state index contributed by atoms with van der Waals surface area (Å²) in [6, 6.07) is 0. The second-order valence-electron chi connectivity index (χ2n) is 2.41. The summed E-state index contributed by atoms with van der Waals surface area (Å²) >= 11 is 0. The molecule has 0 aliphatic heterocycles. The summed E-state index contributed by atoms with van der Waals surface area (Å²) in [5.41, 5.74) is 1.06. The molecule has 1 heteroatoms. The van der Waals surface area contributed by atoms with E-state index in [9.17, 15) is 4.79 Å². The van der Waals surface area contributed by atoms with Gasteiger partial charge in [-0.3, -0.25) is 0 Å². The minimum atomic E-state index is 0.253. The molecule has 0 aliphatic rings. The summed E-state index contributed by atoms with van der Waals surface area (Å²) in [5.74, 6) is 0.253. The fraction of sp³-hybridized carbons (Fsp3) is 0.300. The maximum atomic E-state index is 10.2. The normalized spacial score (nSPS) is 13.7. The van der Waals surface area contributed by atoms with Crippen LogP contribution >= 0.6 is 0 Å². The molecular formula is C10H14O. The van der Waals surface area contributed by atoms with Crippen molar-refractivity contribution in [2.45, 2.75) is 13.3 Å². The lowest BCUT2D eigenvalue weighted by atomic mass is 9.98. The van der Waals surface area contributed by atoms with E-state index in [2.05, 4.69) is 13.2 Å². The number of hydrogen-bond acceptors (Lipinski definition) is 1. The van der Waals surface area contributed by atoms with Crippen LogP contribution in [0.15, 0.2) is 37.0 Å². The van der Waals surface area contributed by atoms with Gasteiger partial charge in [0.2, 0.25) is 0 Å². The highest BCUT2D eigenvalue weighted by atomic mass is 16.1. The maximum absolute atomic E-state index is 10.2. The van der Waals surface area contributed by atoms with E-state index in [-0.39, 0.29) is 5.92 Å². The Morgan fingerprint density at radius 1 is 1.55 bits per heavy atom. The molecular weight excluding hydrogens is 136 g/mol. The van der Waals surface area contributed by atoms with Crippen LogP contribution in [0, 0.1) is 5.92 Å². The van der Waals surface area contributed by atoms with E-state index in [0.29, 0.717) is 6.42 Å². The number of aldehydes is 1. The average molecular weight is 150 g/mol. The van der Waals surface area contributed by atoms with Crippen molar-refractivity contribution in [3.8, 4) is 0 Å². The van der Waals surface area contributed by atoms with Gasteiger partial charge in [0.25, 0.3) is 0 Å². The minimum absolute atomic E-state index is 0.253. The van der Waals surface area contributed by atoms with Gasteiger partial charge in [0.1, 0.15) is 6.29 Å². The van der Waals surface area contributed by atoms with E-state index in [1.54, 1.807) is 12.2 Å². The number of carbonyl (C=O) groups excluding carboxylic acids is 1. The number of allylic oxidation sites excluding steroid dienone is 4. The molecule has 0 rings (SSSR count). The van der Waals surface area contributed by atoms with E-state index in [1.165, 1.54) is 0 Å². The fourth-order valence-corrected chi connectivity index (χ4v) is 0.850. The molecule has 0 amide bonds. The lowest BCUT2D eigenvalue weighted by Crippen LogP contribution is -1.97. The summed E-state index contributed by atoms with van der Waals surface area (Å²) in [7, 11) is 0.